The zero-order valence-corrected chi connectivity index (χ0v) is 11.0. The lowest BCUT2D eigenvalue weighted by atomic mass is 10.1. The second kappa shape index (κ2) is 6.92. The minimum absolute atomic E-state index is 0.504. The number of nitrogens with one attached hydrogen (secondary N) is 1. The van der Waals surface area contributed by atoms with E-state index in [1.807, 2.05) is 61.6 Å². The minimum Gasteiger partial charge on any atom is -0.489 e. The molecule has 0 radical (unpaired) electrons. The maximum absolute atomic E-state index is 10.1. The normalized spacial score (nSPS) is 12.1. The fourth-order valence-corrected chi connectivity index (χ4v) is 1.93. The molecule has 2 N–H and O–H groups in total. The first-order valence-corrected chi connectivity index (χ1v) is 6.39. The SMILES string of the molecule is CNCC(O)c1ccccc1OCc1ccccc1. The quantitative estimate of drug-likeness (QED) is 0.835. The monoisotopic (exact) mass is 257 g/mol. The zero-order chi connectivity index (χ0) is 13.5. The maximum atomic E-state index is 10.1. The Kier molecular flexibility index (Phi) is 4.95. The van der Waals surface area contributed by atoms with Crippen molar-refractivity contribution in [1.82, 2.24) is 5.32 Å². The van der Waals surface area contributed by atoms with E-state index in [1.165, 1.54) is 0 Å². The molecular weight excluding hydrogens is 238 g/mol. The fourth-order valence-electron chi connectivity index (χ4n) is 1.93. The van der Waals surface area contributed by atoms with Gasteiger partial charge in [-0.25, -0.2) is 0 Å². The predicted octanol–water partition coefficient (Wildman–Crippen LogP) is 2.52. The predicted molar refractivity (Wildman–Crippen MR) is 76.1 cm³/mol. The number of rotatable bonds is 6. The molecule has 19 heavy (non-hydrogen) atoms. The van der Waals surface area contributed by atoms with Gasteiger partial charge in [0.05, 0.1) is 6.10 Å². The van der Waals surface area contributed by atoms with Gasteiger partial charge in [0.25, 0.3) is 0 Å². The van der Waals surface area contributed by atoms with Gasteiger partial charge in [0.1, 0.15) is 12.4 Å². The summed E-state index contributed by atoms with van der Waals surface area (Å²) in [5.74, 6) is 0.731. The summed E-state index contributed by atoms with van der Waals surface area (Å²) < 4.78 is 5.80. The van der Waals surface area contributed by atoms with Gasteiger partial charge in [-0.15, -0.1) is 0 Å². The fraction of sp³-hybridized carbons (Fsp3) is 0.250. The molecule has 0 spiro atoms. The van der Waals surface area contributed by atoms with Crippen LogP contribution in [0.15, 0.2) is 54.6 Å². The molecule has 0 aliphatic rings. The highest BCUT2D eigenvalue weighted by molar-refractivity contribution is 5.35. The first-order valence-electron chi connectivity index (χ1n) is 6.39. The smallest absolute Gasteiger partial charge is 0.125 e. The van der Waals surface area contributed by atoms with Gasteiger partial charge < -0.3 is 15.2 Å². The van der Waals surface area contributed by atoms with Gasteiger partial charge in [-0.3, -0.25) is 0 Å². The van der Waals surface area contributed by atoms with Crippen molar-refractivity contribution in [2.24, 2.45) is 0 Å². The molecule has 0 aliphatic heterocycles. The van der Waals surface area contributed by atoms with Gasteiger partial charge >= 0.3 is 0 Å². The Balaban J connectivity index is 2.07. The van der Waals surface area contributed by atoms with E-state index in [9.17, 15) is 5.11 Å². The lowest BCUT2D eigenvalue weighted by Gasteiger charge is -2.16. The molecule has 3 heteroatoms. The van der Waals surface area contributed by atoms with Crippen LogP contribution in [0.4, 0.5) is 0 Å². The Morgan fingerprint density at radius 1 is 1.05 bits per heavy atom. The molecule has 100 valence electrons. The first kappa shape index (κ1) is 13.6. The van der Waals surface area contributed by atoms with E-state index >= 15 is 0 Å². The Hall–Kier alpha value is -1.84. The molecule has 2 aromatic rings. The largest absolute Gasteiger partial charge is 0.489 e. The lowest BCUT2D eigenvalue weighted by molar-refractivity contribution is 0.170. The van der Waals surface area contributed by atoms with Crippen LogP contribution in [-0.2, 0) is 6.61 Å². The van der Waals surface area contributed by atoms with Crippen LogP contribution in [0.5, 0.6) is 5.75 Å². The van der Waals surface area contributed by atoms with Crippen molar-refractivity contribution in [2.75, 3.05) is 13.6 Å². The van der Waals surface area contributed by atoms with Crippen molar-refractivity contribution >= 4 is 0 Å². The Morgan fingerprint density at radius 3 is 2.47 bits per heavy atom. The molecule has 2 aromatic carbocycles. The van der Waals surface area contributed by atoms with Crippen molar-refractivity contribution < 1.29 is 9.84 Å². The van der Waals surface area contributed by atoms with Gasteiger partial charge in [-0.2, -0.15) is 0 Å². The third-order valence-corrected chi connectivity index (χ3v) is 2.91. The Bertz CT molecular complexity index is 499. The molecule has 3 nitrogen and oxygen atoms in total. The van der Waals surface area contributed by atoms with Crippen molar-refractivity contribution in [2.45, 2.75) is 12.7 Å². The highest BCUT2D eigenvalue weighted by Crippen LogP contribution is 2.25. The van der Waals surface area contributed by atoms with Crippen LogP contribution < -0.4 is 10.1 Å². The van der Waals surface area contributed by atoms with Crippen molar-refractivity contribution in [3.63, 3.8) is 0 Å². The molecule has 1 unspecified atom stereocenters. The topological polar surface area (TPSA) is 41.5 Å². The molecule has 0 saturated heterocycles. The number of para-hydroxylation sites is 1. The van der Waals surface area contributed by atoms with E-state index in [4.69, 9.17) is 4.74 Å². The summed E-state index contributed by atoms with van der Waals surface area (Å²) in [6.45, 7) is 1.01. The molecule has 0 aliphatic carbocycles. The van der Waals surface area contributed by atoms with Crippen molar-refractivity contribution in [3.05, 3.63) is 65.7 Å². The molecule has 0 amide bonds. The maximum Gasteiger partial charge on any atom is 0.125 e. The molecule has 0 saturated carbocycles. The molecule has 2 rings (SSSR count). The molecule has 0 heterocycles. The average molecular weight is 257 g/mol. The summed E-state index contributed by atoms with van der Waals surface area (Å²) in [5.41, 5.74) is 1.92. The number of likely N-dealkylation sites (N-methyl/N-ethyl adjacent to an activating group) is 1. The number of benzene rings is 2. The lowest BCUT2D eigenvalue weighted by Crippen LogP contribution is -2.17. The number of hydrogen-bond donors (Lipinski definition) is 2. The summed E-state index contributed by atoms with van der Waals surface area (Å²) in [5, 5.41) is 13.0. The second-order valence-corrected chi connectivity index (χ2v) is 4.39. The van der Waals surface area contributed by atoms with Crippen LogP contribution in [0.3, 0.4) is 0 Å². The summed E-state index contributed by atoms with van der Waals surface area (Å²) >= 11 is 0. The number of hydrogen-bond acceptors (Lipinski definition) is 3. The van der Waals surface area contributed by atoms with E-state index < -0.39 is 6.10 Å². The summed E-state index contributed by atoms with van der Waals surface area (Å²) in [6.07, 6.45) is -0.558. The zero-order valence-electron chi connectivity index (χ0n) is 11.0. The standard InChI is InChI=1S/C16H19NO2/c1-17-11-15(18)14-9-5-6-10-16(14)19-12-13-7-3-2-4-8-13/h2-10,15,17-18H,11-12H2,1H3. The first-order chi connectivity index (χ1) is 9.31. The highest BCUT2D eigenvalue weighted by Gasteiger charge is 2.12. The van der Waals surface area contributed by atoms with Crippen LogP contribution in [0.2, 0.25) is 0 Å². The van der Waals surface area contributed by atoms with E-state index in [2.05, 4.69) is 5.32 Å². The average Bonchev–Trinajstić information content (AvgIpc) is 2.47. The number of ether oxygens (including phenoxy) is 1. The summed E-state index contributed by atoms with van der Waals surface area (Å²) in [7, 11) is 1.82. The van der Waals surface area contributed by atoms with Gasteiger partial charge in [0.15, 0.2) is 0 Å². The summed E-state index contributed by atoms with van der Waals surface area (Å²) in [4.78, 5) is 0. The van der Waals surface area contributed by atoms with E-state index in [1.54, 1.807) is 0 Å². The molecule has 0 aromatic heterocycles. The van der Waals surface area contributed by atoms with Crippen LogP contribution in [-0.4, -0.2) is 18.7 Å². The second-order valence-electron chi connectivity index (χ2n) is 4.39. The number of aliphatic hydroxyl groups excluding tert-OH is 1. The minimum atomic E-state index is -0.558. The van der Waals surface area contributed by atoms with E-state index in [-0.39, 0.29) is 0 Å². The van der Waals surface area contributed by atoms with Gasteiger partial charge in [0.2, 0.25) is 0 Å². The molecule has 1 atom stereocenters. The van der Waals surface area contributed by atoms with Gasteiger partial charge in [-0.05, 0) is 18.7 Å². The third-order valence-electron chi connectivity index (χ3n) is 2.91. The number of aliphatic hydroxyl groups is 1. The molecular formula is C16H19NO2. The molecule has 0 fully saturated rings. The van der Waals surface area contributed by atoms with Gasteiger partial charge in [0, 0.05) is 12.1 Å². The van der Waals surface area contributed by atoms with Crippen LogP contribution in [0, 0.1) is 0 Å². The van der Waals surface area contributed by atoms with E-state index in [0.29, 0.717) is 13.2 Å². The van der Waals surface area contributed by atoms with Crippen LogP contribution >= 0.6 is 0 Å². The van der Waals surface area contributed by atoms with Crippen LogP contribution in [0.25, 0.3) is 0 Å². The van der Waals surface area contributed by atoms with Gasteiger partial charge in [-0.1, -0.05) is 48.5 Å². The Morgan fingerprint density at radius 2 is 1.74 bits per heavy atom. The summed E-state index contributed by atoms with van der Waals surface area (Å²) in [6, 6.07) is 17.6. The highest BCUT2D eigenvalue weighted by atomic mass is 16.5. The molecule has 0 bridgehead atoms. The van der Waals surface area contributed by atoms with Crippen LogP contribution in [0.1, 0.15) is 17.2 Å². The van der Waals surface area contributed by atoms with E-state index in [0.717, 1.165) is 16.9 Å². The van der Waals surface area contributed by atoms with Crippen molar-refractivity contribution in [3.8, 4) is 5.75 Å². The van der Waals surface area contributed by atoms with Crippen molar-refractivity contribution in [1.29, 1.82) is 0 Å². The third kappa shape index (κ3) is 3.81. The Labute approximate surface area is 113 Å².